The third-order valence-corrected chi connectivity index (χ3v) is 11.3. The van der Waals surface area contributed by atoms with E-state index in [1.807, 2.05) is 0 Å². The molecule has 3 nitrogen and oxygen atoms in total. The summed E-state index contributed by atoms with van der Waals surface area (Å²) in [4.78, 5) is 23.8. The van der Waals surface area contributed by atoms with E-state index >= 15 is 0 Å². The SMILES string of the molecule is CC(=O)OCC(=O)C1=CC[C@@]2(C)[C@@H](CC[C@@H]3[C@@H]2CC[C@]2(C)[C@@H]([C@H](C)CCCC(C)C)CC[C@@H]32)C1. The second kappa shape index (κ2) is 10.1. The lowest BCUT2D eigenvalue weighted by molar-refractivity contribution is -0.145. The van der Waals surface area contributed by atoms with E-state index in [1.54, 1.807) is 0 Å². The fourth-order valence-electron chi connectivity index (χ4n) is 9.39. The summed E-state index contributed by atoms with van der Waals surface area (Å²) in [5.74, 6) is 5.43. The molecule has 3 saturated carbocycles. The highest BCUT2D eigenvalue weighted by Crippen LogP contribution is 2.68. The maximum Gasteiger partial charge on any atom is 0.303 e. The van der Waals surface area contributed by atoms with Crippen molar-refractivity contribution in [2.24, 2.45) is 52.3 Å². The Balaban J connectivity index is 1.44. The minimum Gasteiger partial charge on any atom is -0.457 e. The molecule has 0 heterocycles. The average Bonchev–Trinajstić information content (AvgIpc) is 3.13. The molecule has 8 atom stereocenters. The van der Waals surface area contributed by atoms with Crippen molar-refractivity contribution in [3.05, 3.63) is 11.6 Å². The Morgan fingerprint density at radius 3 is 2.44 bits per heavy atom. The molecular formula is C31H50O3. The van der Waals surface area contributed by atoms with E-state index in [1.165, 1.54) is 64.7 Å². The number of fused-ring (bicyclic) bond motifs is 5. The molecule has 0 bridgehead atoms. The monoisotopic (exact) mass is 470 g/mol. The van der Waals surface area contributed by atoms with E-state index < -0.39 is 0 Å². The van der Waals surface area contributed by atoms with Gasteiger partial charge in [-0.1, -0.05) is 60.0 Å². The van der Waals surface area contributed by atoms with Gasteiger partial charge in [0.25, 0.3) is 0 Å². The van der Waals surface area contributed by atoms with E-state index in [2.05, 4.69) is 40.7 Å². The predicted molar refractivity (Wildman–Crippen MR) is 138 cm³/mol. The Kier molecular flexibility index (Phi) is 7.71. The lowest BCUT2D eigenvalue weighted by Crippen LogP contribution is -2.53. The standard InChI is InChI=1S/C31H50O3/c1-20(2)8-7-9-21(3)26-12-13-27-25-11-10-24-18-23(29(33)19-34-22(4)32)14-16-30(24,5)28(25)15-17-31(26,27)6/h14,20-21,24-28H,7-13,15-19H2,1-6H3/t21-,24+,25+,26-,27+,28+,30+,31-/m1/s1. The van der Waals surface area contributed by atoms with Crippen molar-refractivity contribution in [3.8, 4) is 0 Å². The Bertz CT molecular complexity index is 796. The summed E-state index contributed by atoms with van der Waals surface area (Å²) in [6.07, 6.45) is 16.6. The van der Waals surface area contributed by atoms with Crippen LogP contribution in [0.25, 0.3) is 0 Å². The molecule has 4 aliphatic carbocycles. The van der Waals surface area contributed by atoms with Gasteiger partial charge in [-0.05, 0) is 109 Å². The van der Waals surface area contributed by atoms with Crippen molar-refractivity contribution in [2.45, 2.75) is 112 Å². The molecule has 34 heavy (non-hydrogen) atoms. The summed E-state index contributed by atoms with van der Waals surface area (Å²) in [7, 11) is 0. The number of hydrogen-bond acceptors (Lipinski definition) is 3. The molecule has 0 spiro atoms. The molecule has 192 valence electrons. The molecule has 3 fully saturated rings. The molecule has 0 unspecified atom stereocenters. The summed E-state index contributed by atoms with van der Waals surface area (Å²) in [6.45, 7) is 13.8. The third-order valence-electron chi connectivity index (χ3n) is 11.3. The Labute approximate surface area is 208 Å². The number of Topliss-reactive ketones (excluding diaryl/α,β-unsaturated/α-hetero) is 1. The van der Waals surface area contributed by atoms with Gasteiger partial charge < -0.3 is 4.74 Å². The van der Waals surface area contributed by atoms with Gasteiger partial charge in [0.2, 0.25) is 0 Å². The van der Waals surface area contributed by atoms with Gasteiger partial charge in [0, 0.05) is 6.92 Å². The largest absolute Gasteiger partial charge is 0.457 e. The van der Waals surface area contributed by atoms with Crippen LogP contribution in [0.3, 0.4) is 0 Å². The van der Waals surface area contributed by atoms with E-state index in [0.717, 1.165) is 53.9 Å². The molecule has 0 aromatic heterocycles. The van der Waals surface area contributed by atoms with Gasteiger partial charge in [0.15, 0.2) is 12.4 Å². The lowest BCUT2D eigenvalue weighted by atomic mass is 9.44. The fourth-order valence-corrected chi connectivity index (χ4v) is 9.39. The van der Waals surface area contributed by atoms with Crippen LogP contribution in [0, 0.1) is 52.3 Å². The van der Waals surface area contributed by atoms with Crippen LogP contribution in [0.2, 0.25) is 0 Å². The number of ketones is 1. The average molecular weight is 471 g/mol. The zero-order valence-corrected chi connectivity index (χ0v) is 22.8. The van der Waals surface area contributed by atoms with Crippen LogP contribution in [0.1, 0.15) is 112 Å². The summed E-state index contributed by atoms with van der Waals surface area (Å²) >= 11 is 0. The van der Waals surface area contributed by atoms with Crippen molar-refractivity contribution in [1.82, 2.24) is 0 Å². The third kappa shape index (κ3) is 4.79. The molecular weight excluding hydrogens is 420 g/mol. The topological polar surface area (TPSA) is 43.4 Å². The maximum atomic E-state index is 12.6. The van der Waals surface area contributed by atoms with E-state index in [0.29, 0.717) is 16.7 Å². The Morgan fingerprint density at radius 2 is 1.74 bits per heavy atom. The molecule has 0 amide bonds. The van der Waals surface area contributed by atoms with Crippen molar-refractivity contribution in [2.75, 3.05) is 6.61 Å². The van der Waals surface area contributed by atoms with E-state index in [-0.39, 0.29) is 18.4 Å². The second-order valence-electron chi connectivity index (χ2n) is 13.5. The zero-order chi connectivity index (χ0) is 24.7. The van der Waals surface area contributed by atoms with E-state index in [9.17, 15) is 9.59 Å². The van der Waals surface area contributed by atoms with Crippen LogP contribution in [0.15, 0.2) is 11.6 Å². The highest BCUT2D eigenvalue weighted by atomic mass is 16.5. The van der Waals surface area contributed by atoms with Gasteiger partial charge in [-0.25, -0.2) is 0 Å². The van der Waals surface area contributed by atoms with Crippen LogP contribution in [0.5, 0.6) is 0 Å². The smallest absolute Gasteiger partial charge is 0.303 e. The quantitative estimate of drug-likeness (QED) is 0.340. The fraction of sp³-hybridized carbons (Fsp3) is 0.871. The molecule has 0 aromatic carbocycles. The van der Waals surface area contributed by atoms with Crippen LogP contribution in [0.4, 0.5) is 0 Å². The highest BCUT2D eigenvalue weighted by Gasteiger charge is 2.60. The molecule has 0 aliphatic heterocycles. The van der Waals surface area contributed by atoms with Crippen molar-refractivity contribution in [1.29, 1.82) is 0 Å². The minimum absolute atomic E-state index is 0.0145. The number of carbonyl (C=O) groups is 2. The number of ether oxygens (including phenoxy) is 1. The Hall–Kier alpha value is -1.12. The second-order valence-corrected chi connectivity index (χ2v) is 13.5. The van der Waals surface area contributed by atoms with Crippen molar-refractivity contribution < 1.29 is 14.3 Å². The first-order valence-corrected chi connectivity index (χ1v) is 14.4. The Morgan fingerprint density at radius 1 is 1.00 bits per heavy atom. The molecule has 4 aliphatic rings. The number of rotatable bonds is 8. The summed E-state index contributed by atoms with van der Waals surface area (Å²) in [6, 6.07) is 0. The molecule has 0 N–H and O–H groups in total. The van der Waals surface area contributed by atoms with Crippen molar-refractivity contribution >= 4 is 11.8 Å². The first-order valence-electron chi connectivity index (χ1n) is 14.4. The van der Waals surface area contributed by atoms with Crippen LogP contribution < -0.4 is 0 Å². The normalized spacial score (nSPS) is 40.1. The molecule has 0 radical (unpaired) electrons. The molecule has 4 rings (SSSR count). The summed E-state index contributed by atoms with van der Waals surface area (Å²) < 4.78 is 5.00. The van der Waals surface area contributed by atoms with Gasteiger partial charge in [0.05, 0.1) is 0 Å². The molecule has 0 aromatic rings. The van der Waals surface area contributed by atoms with Gasteiger partial charge in [-0.2, -0.15) is 0 Å². The number of allylic oxidation sites excluding steroid dienone is 1. The minimum atomic E-state index is -0.371. The first-order chi connectivity index (χ1) is 16.1. The van der Waals surface area contributed by atoms with E-state index in [4.69, 9.17) is 4.74 Å². The van der Waals surface area contributed by atoms with Gasteiger partial charge in [0.1, 0.15) is 0 Å². The van der Waals surface area contributed by atoms with Gasteiger partial charge in [-0.3, -0.25) is 9.59 Å². The highest BCUT2D eigenvalue weighted by molar-refractivity contribution is 5.97. The van der Waals surface area contributed by atoms with Crippen LogP contribution in [-0.2, 0) is 14.3 Å². The number of esters is 1. The number of carbonyl (C=O) groups excluding carboxylic acids is 2. The van der Waals surface area contributed by atoms with Crippen LogP contribution >= 0.6 is 0 Å². The van der Waals surface area contributed by atoms with Crippen LogP contribution in [-0.4, -0.2) is 18.4 Å². The van der Waals surface area contributed by atoms with Gasteiger partial charge in [-0.15, -0.1) is 0 Å². The number of hydrogen-bond donors (Lipinski definition) is 0. The maximum absolute atomic E-state index is 12.6. The van der Waals surface area contributed by atoms with Gasteiger partial charge >= 0.3 is 5.97 Å². The summed E-state index contributed by atoms with van der Waals surface area (Å²) in [5, 5.41) is 0. The first kappa shape index (κ1) is 26.0. The molecule has 3 heteroatoms. The summed E-state index contributed by atoms with van der Waals surface area (Å²) in [5.41, 5.74) is 1.78. The molecule has 0 saturated heterocycles. The zero-order valence-electron chi connectivity index (χ0n) is 22.8. The lowest BCUT2D eigenvalue weighted by Gasteiger charge is -2.60. The van der Waals surface area contributed by atoms with Crippen molar-refractivity contribution in [3.63, 3.8) is 0 Å². The predicted octanol–water partition coefficient (Wildman–Crippen LogP) is 7.78.